The molecule has 0 aromatic heterocycles. The fourth-order valence-electron chi connectivity index (χ4n) is 4.59. The molecule has 31 heavy (non-hydrogen) atoms. The van der Waals surface area contributed by atoms with Crippen LogP contribution < -0.4 is 0 Å². The fourth-order valence-corrected chi connectivity index (χ4v) is 5.66. The summed E-state index contributed by atoms with van der Waals surface area (Å²) in [5.41, 5.74) is 0.240. The van der Waals surface area contributed by atoms with E-state index in [1.807, 2.05) is 0 Å². The number of ether oxygens (including phenoxy) is 2. The van der Waals surface area contributed by atoms with E-state index in [4.69, 9.17) is 52.5 Å². The average molecular weight is 433 g/mol. The van der Waals surface area contributed by atoms with Crippen molar-refractivity contribution in [3.63, 3.8) is 0 Å². The monoisotopic (exact) mass is 433 g/mol. The van der Waals surface area contributed by atoms with Crippen molar-refractivity contribution in [1.82, 2.24) is 0 Å². The fraction of sp³-hybridized carbons (Fsp3) is 0.632. The van der Waals surface area contributed by atoms with Crippen LogP contribution in [-0.2, 0) is 24.7 Å². The Balaban J connectivity index is 2.02. The standard InChI is InChI=1S/C19H22B5O6S/c1-28-13(7-21)16-14(17(26)30-31(16)27)11-8-29-9-12(15(11)25)19(24)5-4-18(22,23)3-2-10(19)6-20/h6-8,10,12,15,17,25-26H,2-5,9H2,1H3/b13-7-. The topological polar surface area (TPSA) is 85.2 Å². The van der Waals surface area contributed by atoms with Crippen molar-refractivity contribution in [2.45, 2.75) is 48.6 Å². The molecule has 9 radical (unpaired) electrons. The van der Waals surface area contributed by atoms with Crippen molar-refractivity contribution in [3.8, 4) is 0 Å². The molecule has 2 heterocycles. The predicted octanol–water partition coefficient (Wildman–Crippen LogP) is -0.258. The van der Waals surface area contributed by atoms with Gasteiger partial charge in [-0.3, -0.25) is 0 Å². The molecule has 6 nitrogen and oxygen atoms in total. The van der Waals surface area contributed by atoms with Crippen LogP contribution in [0.25, 0.3) is 0 Å². The number of rotatable bonds is 5. The molecule has 1 aliphatic carbocycles. The van der Waals surface area contributed by atoms with E-state index in [0.717, 1.165) is 5.98 Å². The summed E-state index contributed by atoms with van der Waals surface area (Å²) in [5, 5.41) is 19.9. The molecule has 0 aromatic rings. The molecule has 0 amide bonds. The van der Waals surface area contributed by atoms with Crippen LogP contribution in [0.4, 0.5) is 0 Å². The molecule has 6 atom stereocenters. The summed E-state index contributed by atoms with van der Waals surface area (Å²) in [4.78, 5) is 0.0175. The Labute approximate surface area is 192 Å². The second kappa shape index (κ2) is 9.50. The molecule has 2 aliphatic heterocycles. The molecule has 12 heteroatoms. The van der Waals surface area contributed by atoms with Crippen LogP contribution in [0.5, 0.6) is 0 Å². The van der Waals surface area contributed by atoms with Gasteiger partial charge in [-0.05, 0) is 0 Å². The number of aliphatic hydroxyl groups is 2. The quantitative estimate of drug-likeness (QED) is 0.354. The van der Waals surface area contributed by atoms with E-state index in [0.29, 0.717) is 25.7 Å². The van der Waals surface area contributed by atoms with Crippen molar-refractivity contribution in [2.75, 3.05) is 13.7 Å². The van der Waals surface area contributed by atoms with Crippen molar-refractivity contribution < 1.29 is 28.1 Å². The maximum absolute atomic E-state index is 12.4. The summed E-state index contributed by atoms with van der Waals surface area (Å²) in [5.74, 6) is 1.75. The van der Waals surface area contributed by atoms with Gasteiger partial charge in [0.25, 0.3) is 0 Å². The van der Waals surface area contributed by atoms with E-state index in [1.165, 1.54) is 19.3 Å². The van der Waals surface area contributed by atoms with Crippen LogP contribution in [0, 0.1) is 11.8 Å². The van der Waals surface area contributed by atoms with E-state index in [2.05, 4.69) is 0 Å². The Morgan fingerprint density at radius 2 is 2.00 bits per heavy atom. The van der Waals surface area contributed by atoms with E-state index < -0.39 is 39.9 Å². The van der Waals surface area contributed by atoms with Crippen molar-refractivity contribution >= 4 is 55.9 Å². The van der Waals surface area contributed by atoms with Crippen LogP contribution in [-0.4, -0.2) is 85.4 Å². The number of hydrogen-bond donors (Lipinski definition) is 2. The van der Waals surface area contributed by atoms with Crippen molar-refractivity contribution in [2.24, 2.45) is 11.8 Å². The molecular weight excluding hydrogens is 410 g/mol. The summed E-state index contributed by atoms with van der Waals surface area (Å²) in [6, 6.07) is 0. The first kappa shape index (κ1) is 24.7. The zero-order valence-electron chi connectivity index (χ0n) is 17.4. The molecule has 1 saturated carbocycles. The molecule has 6 unspecified atom stereocenters. The van der Waals surface area contributed by atoms with E-state index in [-0.39, 0.29) is 34.3 Å². The number of methoxy groups -OCH3 is 1. The first-order valence-corrected chi connectivity index (χ1v) is 11.1. The maximum atomic E-state index is 12.4. The normalized spacial score (nSPS) is 38.7. The molecule has 0 saturated heterocycles. The van der Waals surface area contributed by atoms with Crippen LogP contribution in [0.2, 0.25) is 10.5 Å². The third-order valence-electron chi connectivity index (χ3n) is 6.49. The van der Waals surface area contributed by atoms with Gasteiger partial charge in [0.15, 0.2) is 0 Å². The average Bonchev–Trinajstić information content (AvgIpc) is 2.94. The molecule has 3 rings (SSSR count). The molecule has 0 aromatic carbocycles. The van der Waals surface area contributed by atoms with Crippen molar-refractivity contribution in [1.29, 1.82) is 0 Å². The second-order valence-corrected chi connectivity index (χ2v) is 9.37. The zero-order chi connectivity index (χ0) is 23.0. The number of aliphatic hydroxyl groups excluding tert-OH is 2. The molecule has 3 aliphatic rings. The number of hydrogen-bond acceptors (Lipinski definition) is 6. The Morgan fingerprint density at radius 3 is 2.61 bits per heavy atom. The summed E-state index contributed by atoms with van der Waals surface area (Å²) >= 11 is -2.06. The minimum absolute atomic E-state index is 0.0175. The van der Waals surface area contributed by atoms with E-state index in [1.54, 1.807) is 0 Å². The summed E-state index contributed by atoms with van der Waals surface area (Å²) < 4.78 is 28.3. The Kier molecular flexibility index (Phi) is 7.56. The van der Waals surface area contributed by atoms with Gasteiger partial charge in [-0.1, -0.05) is 0 Å². The van der Waals surface area contributed by atoms with Gasteiger partial charge in [-0.2, -0.15) is 0 Å². The molecule has 0 spiro atoms. The molecule has 2 N–H and O–H groups in total. The molecular formula is C19H22B5O6S. The Morgan fingerprint density at radius 1 is 1.29 bits per heavy atom. The van der Waals surface area contributed by atoms with Gasteiger partial charge in [0.05, 0.1) is 0 Å². The van der Waals surface area contributed by atoms with Gasteiger partial charge in [0.2, 0.25) is 0 Å². The van der Waals surface area contributed by atoms with Gasteiger partial charge in [-0.25, -0.2) is 0 Å². The Bertz CT molecular complexity index is 844. The first-order chi connectivity index (χ1) is 14.6. The SMILES string of the molecule is [B]/C=C(\OC)C1=C(C2=COCC(C3([B])CCC([B])([B])CCC3C=[B])C2O)C(O)OS1=O. The summed E-state index contributed by atoms with van der Waals surface area (Å²) in [7, 11) is 32.0. The van der Waals surface area contributed by atoms with Crippen LogP contribution >= 0.6 is 0 Å². The second-order valence-electron chi connectivity index (χ2n) is 8.30. The van der Waals surface area contributed by atoms with Gasteiger partial charge in [-0.15, -0.1) is 0 Å². The minimum atomic E-state index is -2.06. The van der Waals surface area contributed by atoms with Gasteiger partial charge < -0.3 is 0 Å². The molecule has 0 bridgehead atoms. The third-order valence-corrected chi connectivity index (χ3v) is 7.60. The predicted molar refractivity (Wildman–Crippen MR) is 123 cm³/mol. The van der Waals surface area contributed by atoms with E-state index >= 15 is 0 Å². The van der Waals surface area contributed by atoms with E-state index in [9.17, 15) is 14.4 Å². The van der Waals surface area contributed by atoms with Crippen LogP contribution in [0.15, 0.2) is 34.0 Å². The van der Waals surface area contributed by atoms with Crippen LogP contribution in [0.1, 0.15) is 25.7 Å². The first-order valence-electron chi connectivity index (χ1n) is 9.98. The summed E-state index contributed by atoms with van der Waals surface area (Å²) in [6.45, 7) is 0.111. The van der Waals surface area contributed by atoms with Gasteiger partial charge in [0.1, 0.15) is 0 Å². The zero-order valence-corrected chi connectivity index (χ0v) is 18.2. The summed E-state index contributed by atoms with van der Waals surface area (Å²) in [6.07, 6.45) is 0.449. The van der Waals surface area contributed by atoms with Gasteiger partial charge >= 0.3 is 192 Å². The molecule has 155 valence electrons. The Hall–Kier alpha value is -0.955. The molecule has 1 fully saturated rings. The van der Waals surface area contributed by atoms with Crippen molar-refractivity contribution in [3.05, 3.63) is 34.0 Å². The van der Waals surface area contributed by atoms with Crippen LogP contribution in [0.3, 0.4) is 0 Å². The third kappa shape index (κ3) is 4.59. The van der Waals surface area contributed by atoms with Gasteiger partial charge in [0, 0.05) is 0 Å².